The van der Waals surface area contributed by atoms with E-state index in [-0.39, 0.29) is 19.1 Å². The number of methoxy groups -OCH3 is 2. The Morgan fingerprint density at radius 2 is 1.96 bits per heavy atom. The van der Waals surface area contributed by atoms with Crippen LogP contribution in [-0.2, 0) is 20.7 Å². The molecule has 6 heteroatoms. The van der Waals surface area contributed by atoms with Crippen molar-refractivity contribution in [2.45, 2.75) is 26.7 Å². The summed E-state index contributed by atoms with van der Waals surface area (Å²) in [6.45, 7) is 4.50. The molecule has 1 amide bonds. The molecule has 1 heterocycles. The highest BCUT2D eigenvalue weighted by molar-refractivity contribution is 5.84. The van der Waals surface area contributed by atoms with Crippen LogP contribution < -0.4 is 4.74 Å². The van der Waals surface area contributed by atoms with Crippen molar-refractivity contribution >= 4 is 11.9 Å². The molecule has 0 spiro atoms. The van der Waals surface area contributed by atoms with E-state index < -0.39 is 16.8 Å². The quantitative estimate of drug-likeness (QED) is 0.817. The Kier molecular flexibility index (Phi) is 5.72. The first-order chi connectivity index (χ1) is 11.8. The Morgan fingerprint density at radius 1 is 1.28 bits per heavy atom. The first-order valence-electron chi connectivity index (χ1n) is 8.39. The number of nitrogens with zero attached hydrogens (tertiary/aromatic N) is 1. The Hall–Kier alpha value is -2.08. The van der Waals surface area contributed by atoms with Crippen LogP contribution in [0.25, 0.3) is 0 Å². The van der Waals surface area contributed by atoms with E-state index in [1.807, 2.05) is 38.1 Å². The number of carbonyl (C=O) groups excluding carboxylic acids is 1. The Bertz CT molecular complexity index is 642. The molecule has 0 saturated carbocycles. The second-order valence-corrected chi connectivity index (χ2v) is 7.37. The van der Waals surface area contributed by atoms with Gasteiger partial charge in [0.15, 0.2) is 0 Å². The molecule has 1 atom stereocenters. The van der Waals surface area contributed by atoms with E-state index in [1.54, 1.807) is 12.0 Å². The SMILES string of the molecule is COCC1(C(=O)O)CCN(C(=O)C(C)(C)Cc2ccccc2OC)C1. The molecule has 2 rings (SSSR count). The summed E-state index contributed by atoms with van der Waals surface area (Å²) >= 11 is 0. The number of carbonyl (C=O) groups is 2. The molecular formula is C19H27NO5. The minimum Gasteiger partial charge on any atom is -0.496 e. The summed E-state index contributed by atoms with van der Waals surface area (Å²) < 4.78 is 10.5. The topological polar surface area (TPSA) is 76.1 Å². The van der Waals surface area contributed by atoms with Crippen molar-refractivity contribution in [1.29, 1.82) is 0 Å². The van der Waals surface area contributed by atoms with Crippen LogP contribution in [0.3, 0.4) is 0 Å². The Morgan fingerprint density at radius 3 is 2.56 bits per heavy atom. The van der Waals surface area contributed by atoms with Crippen molar-refractivity contribution < 1.29 is 24.2 Å². The average Bonchev–Trinajstić information content (AvgIpc) is 3.00. The molecular weight excluding hydrogens is 322 g/mol. The fourth-order valence-electron chi connectivity index (χ4n) is 3.50. The summed E-state index contributed by atoms with van der Waals surface area (Å²) in [6.07, 6.45) is 0.934. The number of rotatable bonds is 7. The fraction of sp³-hybridized carbons (Fsp3) is 0.579. The molecule has 138 valence electrons. The molecule has 1 aromatic rings. The standard InChI is InChI=1S/C19H27NO5/c1-18(2,11-14-7-5-6-8-15(14)25-4)16(21)20-10-9-19(12-20,13-24-3)17(22)23/h5-8H,9-13H2,1-4H3,(H,22,23). The molecule has 1 aromatic carbocycles. The number of hydrogen-bond acceptors (Lipinski definition) is 4. The fourth-order valence-corrected chi connectivity index (χ4v) is 3.50. The summed E-state index contributed by atoms with van der Waals surface area (Å²) in [5.74, 6) is -0.200. The van der Waals surface area contributed by atoms with E-state index in [1.165, 1.54) is 7.11 Å². The molecule has 0 aromatic heterocycles. The highest BCUT2D eigenvalue weighted by atomic mass is 16.5. The molecule has 1 aliphatic heterocycles. The largest absolute Gasteiger partial charge is 0.496 e. The maximum atomic E-state index is 13.0. The molecule has 25 heavy (non-hydrogen) atoms. The van der Waals surface area contributed by atoms with E-state index in [4.69, 9.17) is 9.47 Å². The van der Waals surface area contributed by atoms with Crippen molar-refractivity contribution in [3.8, 4) is 5.75 Å². The molecule has 1 N–H and O–H groups in total. The minimum absolute atomic E-state index is 0.0439. The van der Waals surface area contributed by atoms with Crippen LogP contribution in [0.1, 0.15) is 25.8 Å². The molecule has 1 saturated heterocycles. The summed E-state index contributed by atoms with van der Waals surface area (Å²) in [5, 5.41) is 9.57. The van der Waals surface area contributed by atoms with Gasteiger partial charge in [0.2, 0.25) is 5.91 Å². The number of benzene rings is 1. The zero-order valence-corrected chi connectivity index (χ0v) is 15.4. The normalized spacial score (nSPS) is 20.6. The van der Waals surface area contributed by atoms with Gasteiger partial charge in [0.05, 0.1) is 13.7 Å². The van der Waals surface area contributed by atoms with Crippen LogP contribution in [0.15, 0.2) is 24.3 Å². The van der Waals surface area contributed by atoms with Gasteiger partial charge in [-0.15, -0.1) is 0 Å². The third-order valence-electron chi connectivity index (χ3n) is 4.92. The zero-order valence-electron chi connectivity index (χ0n) is 15.4. The van der Waals surface area contributed by atoms with Crippen LogP contribution >= 0.6 is 0 Å². The van der Waals surface area contributed by atoms with Gasteiger partial charge in [-0.3, -0.25) is 9.59 Å². The van der Waals surface area contributed by atoms with Gasteiger partial charge >= 0.3 is 5.97 Å². The molecule has 0 aliphatic carbocycles. The van der Waals surface area contributed by atoms with Gasteiger partial charge in [0.1, 0.15) is 11.2 Å². The highest BCUT2D eigenvalue weighted by Crippen LogP contribution is 2.36. The number of ether oxygens (including phenoxy) is 2. The summed E-state index contributed by atoms with van der Waals surface area (Å²) in [5.41, 5.74) is -0.703. The monoisotopic (exact) mass is 349 g/mol. The van der Waals surface area contributed by atoms with E-state index in [2.05, 4.69) is 0 Å². The maximum absolute atomic E-state index is 13.0. The van der Waals surface area contributed by atoms with E-state index in [9.17, 15) is 14.7 Å². The van der Waals surface area contributed by atoms with Gasteiger partial charge < -0.3 is 19.5 Å². The first-order valence-corrected chi connectivity index (χ1v) is 8.39. The number of carboxylic acids is 1. The lowest BCUT2D eigenvalue weighted by atomic mass is 9.83. The second-order valence-electron chi connectivity index (χ2n) is 7.37. The number of amides is 1. The molecule has 0 radical (unpaired) electrons. The van der Waals surface area contributed by atoms with Gasteiger partial charge in [0, 0.05) is 25.6 Å². The van der Waals surface area contributed by atoms with Crippen molar-refractivity contribution in [1.82, 2.24) is 4.90 Å². The van der Waals surface area contributed by atoms with Crippen LogP contribution in [0.4, 0.5) is 0 Å². The lowest BCUT2D eigenvalue weighted by molar-refractivity contribution is -0.152. The van der Waals surface area contributed by atoms with Gasteiger partial charge in [-0.1, -0.05) is 32.0 Å². The summed E-state index contributed by atoms with van der Waals surface area (Å²) in [7, 11) is 3.10. The number of carboxylic acid groups (broad SMARTS) is 1. The average molecular weight is 349 g/mol. The predicted molar refractivity (Wildman–Crippen MR) is 93.6 cm³/mol. The number of aliphatic carboxylic acids is 1. The van der Waals surface area contributed by atoms with Crippen molar-refractivity contribution in [3.05, 3.63) is 29.8 Å². The summed E-state index contributed by atoms with van der Waals surface area (Å²) in [4.78, 5) is 26.4. The molecule has 1 fully saturated rings. The van der Waals surface area contributed by atoms with Gasteiger partial charge in [-0.05, 0) is 24.5 Å². The molecule has 0 bridgehead atoms. The zero-order chi connectivity index (χ0) is 18.7. The van der Waals surface area contributed by atoms with Crippen LogP contribution in [0.5, 0.6) is 5.75 Å². The van der Waals surface area contributed by atoms with E-state index in [0.29, 0.717) is 19.4 Å². The van der Waals surface area contributed by atoms with Crippen molar-refractivity contribution in [2.75, 3.05) is 33.9 Å². The first kappa shape index (κ1) is 19.2. The second kappa shape index (κ2) is 7.44. The summed E-state index contributed by atoms with van der Waals surface area (Å²) in [6, 6.07) is 7.63. The maximum Gasteiger partial charge on any atom is 0.313 e. The van der Waals surface area contributed by atoms with Crippen molar-refractivity contribution in [3.63, 3.8) is 0 Å². The lowest BCUT2D eigenvalue weighted by Gasteiger charge is -2.31. The van der Waals surface area contributed by atoms with E-state index >= 15 is 0 Å². The minimum atomic E-state index is -1.01. The number of hydrogen-bond donors (Lipinski definition) is 1. The van der Waals surface area contributed by atoms with Gasteiger partial charge in [-0.25, -0.2) is 0 Å². The highest BCUT2D eigenvalue weighted by Gasteiger charge is 2.48. The van der Waals surface area contributed by atoms with Crippen LogP contribution in [-0.4, -0.2) is 55.8 Å². The van der Waals surface area contributed by atoms with Crippen LogP contribution in [0, 0.1) is 10.8 Å². The van der Waals surface area contributed by atoms with Crippen molar-refractivity contribution in [2.24, 2.45) is 10.8 Å². The third-order valence-corrected chi connectivity index (χ3v) is 4.92. The molecule has 1 aliphatic rings. The predicted octanol–water partition coefficient (Wildman–Crippen LogP) is 2.21. The van der Waals surface area contributed by atoms with Gasteiger partial charge in [-0.2, -0.15) is 0 Å². The Labute approximate surface area is 148 Å². The number of para-hydroxylation sites is 1. The van der Waals surface area contributed by atoms with E-state index in [0.717, 1.165) is 11.3 Å². The smallest absolute Gasteiger partial charge is 0.313 e. The lowest BCUT2D eigenvalue weighted by Crippen LogP contribution is -2.44. The van der Waals surface area contributed by atoms with Crippen LogP contribution in [0.2, 0.25) is 0 Å². The Balaban J connectivity index is 2.15. The van der Waals surface area contributed by atoms with Gasteiger partial charge in [0.25, 0.3) is 0 Å². The molecule has 1 unspecified atom stereocenters. The number of likely N-dealkylation sites (tertiary alicyclic amines) is 1. The molecule has 6 nitrogen and oxygen atoms in total. The third kappa shape index (κ3) is 3.95.